The van der Waals surface area contributed by atoms with Gasteiger partial charge in [0.05, 0.1) is 4.92 Å². The lowest BCUT2D eigenvalue weighted by Gasteiger charge is -2.08. The molecule has 1 aromatic rings. The third kappa shape index (κ3) is 4.10. The summed E-state index contributed by atoms with van der Waals surface area (Å²) in [6, 6.07) is 5.32. The van der Waals surface area contributed by atoms with Crippen LogP contribution in [0.5, 0.6) is 0 Å². The Morgan fingerprint density at radius 2 is 2.00 bits per heavy atom. The van der Waals surface area contributed by atoms with Gasteiger partial charge in [0.1, 0.15) is 0 Å². The van der Waals surface area contributed by atoms with Gasteiger partial charge in [-0.15, -0.1) is 0 Å². The van der Waals surface area contributed by atoms with Crippen molar-refractivity contribution in [3.8, 4) is 0 Å². The molecule has 0 aliphatic heterocycles. The predicted molar refractivity (Wildman–Crippen MR) is 71.5 cm³/mol. The molecular formula is C11H13N3O3S. The molecule has 0 saturated heterocycles. The molecule has 18 heavy (non-hydrogen) atoms. The van der Waals surface area contributed by atoms with Crippen LogP contribution in [0, 0.1) is 10.1 Å². The highest BCUT2D eigenvalue weighted by molar-refractivity contribution is 7.80. The molecule has 7 heteroatoms. The quantitative estimate of drug-likeness (QED) is 0.492. The monoisotopic (exact) mass is 267 g/mol. The molecule has 0 radical (unpaired) electrons. The van der Waals surface area contributed by atoms with Crippen LogP contribution >= 0.6 is 12.2 Å². The van der Waals surface area contributed by atoms with Crippen molar-refractivity contribution in [2.75, 3.05) is 6.54 Å². The Labute approximate surface area is 110 Å². The highest BCUT2D eigenvalue weighted by atomic mass is 32.1. The number of hydrogen-bond donors (Lipinski definition) is 2. The Morgan fingerprint density at radius 3 is 2.50 bits per heavy atom. The summed E-state index contributed by atoms with van der Waals surface area (Å²) in [7, 11) is 0. The van der Waals surface area contributed by atoms with E-state index in [1.165, 1.54) is 24.3 Å². The molecule has 1 rings (SSSR count). The highest BCUT2D eigenvalue weighted by Crippen LogP contribution is 2.11. The standard InChI is InChI=1S/C11H13N3O3S/c1-2-7-12-11(18)13-10(15)8-3-5-9(6-4-8)14(16)17/h3-6H,2,7H2,1H3,(H2,12,13,15,18). The number of thiocarbonyl (C=S) groups is 1. The zero-order valence-electron chi connectivity index (χ0n) is 9.80. The molecular weight excluding hydrogens is 254 g/mol. The van der Waals surface area contributed by atoms with Crippen LogP contribution in [-0.2, 0) is 0 Å². The maximum absolute atomic E-state index is 11.7. The first kappa shape index (κ1) is 14.0. The second-order valence-corrected chi connectivity index (χ2v) is 3.92. The number of non-ortho nitro benzene ring substituents is 1. The molecule has 2 N–H and O–H groups in total. The summed E-state index contributed by atoms with van der Waals surface area (Å²) in [5.74, 6) is -0.390. The Kier molecular flexibility index (Phi) is 5.19. The topological polar surface area (TPSA) is 84.3 Å². The van der Waals surface area contributed by atoms with E-state index in [-0.39, 0.29) is 10.8 Å². The van der Waals surface area contributed by atoms with Crippen LogP contribution in [0.1, 0.15) is 23.7 Å². The van der Waals surface area contributed by atoms with Crippen LogP contribution in [0.25, 0.3) is 0 Å². The number of nitro groups is 1. The lowest BCUT2D eigenvalue weighted by atomic mass is 10.2. The molecule has 0 aliphatic rings. The van der Waals surface area contributed by atoms with E-state index in [1.807, 2.05) is 6.92 Å². The van der Waals surface area contributed by atoms with E-state index < -0.39 is 10.8 Å². The molecule has 6 nitrogen and oxygen atoms in total. The van der Waals surface area contributed by atoms with Gasteiger partial charge in [-0.2, -0.15) is 0 Å². The molecule has 0 unspecified atom stereocenters. The molecule has 96 valence electrons. The van der Waals surface area contributed by atoms with Gasteiger partial charge in [-0.1, -0.05) is 6.92 Å². The van der Waals surface area contributed by atoms with Crippen molar-refractivity contribution in [1.29, 1.82) is 0 Å². The minimum atomic E-state index is -0.519. The van der Waals surface area contributed by atoms with Gasteiger partial charge in [-0.25, -0.2) is 0 Å². The number of benzene rings is 1. The van der Waals surface area contributed by atoms with E-state index in [4.69, 9.17) is 12.2 Å². The third-order valence-electron chi connectivity index (χ3n) is 2.10. The molecule has 0 fully saturated rings. The fourth-order valence-electron chi connectivity index (χ4n) is 1.19. The maximum atomic E-state index is 11.7. The molecule has 0 aromatic heterocycles. The molecule has 1 aromatic carbocycles. The average molecular weight is 267 g/mol. The van der Waals surface area contributed by atoms with E-state index in [9.17, 15) is 14.9 Å². The van der Waals surface area contributed by atoms with Gasteiger partial charge in [-0.05, 0) is 30.8 Å². The van der Waals surface area contributed by atoms with Crippen molar-refractivity contribution in [1.82, 2.24) is 10.6 Å². The SMILES string of the molecule is CCCNC(=S)NC(=O)c1ccc([N+](=O)[O-])cc1. The van der Waals surface area contributed by atoms with Gasteiger partial charge in [0.25, 0.3) is 11.6 Å². The lowest BCUT2D eigenvalue weighted by Crippen LogP contribution is -2.39. The number of carbonyl (C=O) groups excluding carboxylic acids is 1. The zero-order valence-corrected chi connectivity index (χ0v) is 10.6. The van der Waals surface area contributed by atoms with Crippen LogP contribution in [0.15, 0.2) is 24.3 Å². The minimum Gasteiger partial charge on any atom is -0.362 e. The molecule has 0 aliphatic carbocycles. The van der Waals surface area contributed by atoms with Gasteiger partial charge < -0.3 is 5.32 Å². The summed E-state index contributed by atoms with van der Waals surface area (Å²) in [6.07, 6.45) is 0.896. The number of rotatable bonds is 4. The van der Waals surface area contributed by atoms with Crippen molar-refractivity contribution >= 4 is 28.9 Å². The number of nitrogens with zero attached hydrogens (tertiary/aromatic N) is 1. The average Bonchev–Trinajstić information content (AvgIpc) is 2.36. The van der Waals surface area contributed by atoms with E-state index in [0.29, 0.717) is 12.1 Å². The van der Waals surface area contributed by atoms with Crippen LogP contribution in [0.3, 0.4) is 0 Å². The molecule has 0 heterocycles. The minimum absolute atomic E-state index is 0.0572. The van der Waals surface area contributed by atoms with Gasteiger partial charge in [0, 0.05) is 24.2 Å². The largest absolute Gasteiger partial charge is 0.362 e. The zero-order chi connectivity index (χ0) is 13.5. The van der Waals surface area contributed by atoms with Crippen LogP contribution in [0.4, 0.5) is 5.69 Å². The fraction of sp³-hybridized carbons (Fsp3) is 0.273. The molecule has 0 bridgehead atoms. The highest BCUT2D eigenvalue weighted by Gasteiger charge is 2.10. The summed E-state index contributed by atoms with van der Waals surface area (Å²) in [4.78, 5) is 21.6. The Balaban J connectivity index is 2.61. The van der Waals surface area contributed by atoms with Crippen LogP contribution < -0.4 is 10.6 Å². The van der Waals surface area contributed by atoms with E-state index in [1.54, 1.807) is 0 Å². The Morgan fingerprint density at radius 1 is 1.39 bits per heavy atom. The molecule has 1 amide bonds. The van der Waals surface area contributed by atoms with E-state index in [0.717, 1.165) is 6.42 Å². The number of carbonyl (C=O) groups is 1. The maximum Gasteiger partial charge on any atom is 0.269 e. The van der Waals surface area contributed by atoms with Crippen molar-refractivity contribution in [2.45, 2.75) is 13.3 Å². The van der Waals surface area contributed by atoms with Crippen LogP contribution in [-0.4, -0.2) is 22.5 Å². The molecule has 0 atom stereocenters. The fourth-order valence-corrected chi connectivity index (χ4v) is 1.39. The number of hydrogen-bond acceptors (Lipinski definition) is 4. The van der Waals surface area contributed by atoms with Crippen molar-refractivity contribution in [3.05, 3.63) is 39.9 Å². The van der Waals surface area contributed by atoms with Crippen molar-refractivity contribution < 1.29 is 9.72 Å². The van der Waals surface area contributed by atoms with Gasteiger partial charge in [0.15, 0.2) is 5.11 Å². The lowest BCUT2D eigenvalue weighted by molar-refractivity contribution is -0.384. The second-order valence-electron chi connectivity index (χ2n) is 3.51. The first-order valence-electron chi connectivity index (χ1n) is 5.38. The van der Waals surface area contributed by atoms with Gasteiger partial charge in [0.2, 0.25) is 0 Å². The first-order chi connectivity index (χ1) is 8.54. The number of nitro benzene ring substituents is 1. The summed E-state index contributed by atoms with van der Waals surface area (Å²) in [5.41, 5.74) is 0.263. The summed E-state index contributed by atoms with van der Waals surface area (Å²) < 4.78 is 0. The van der Waals surface area contributed by atoms with E-state index in [2.05, 4.69) is 10.6 Å². The summed E-state index contributed by atoms with van der Waals surface area (Å²) in [5, 5.41) is 16.0. The normalized spacial score (nSPS) is 9.61. The van der Waals surface area contributed by atoms with Gasteiger partial charge in [-0.3, -0.25) is 20.2 Å². The first-order valence-corrected chi connectivity index (χ1v) is 5.79. The van der Waals surface area contributed by atoms with Crippen molar-refractivity contribution in [3.63, 3.8) is 0 Å². The number of nitrogens with one attached hydrogen (secondary N) is 2. The molecule has 0 saturated carbocycles. The second kappa shape index (κ2) is 6.65. The summed E-state index contributed by atoms with van der Waals surface area (Å²) in [6.45, 7) is 2.66. The molecule has 0 spiro atoms. The number of amides is 1. The Bertz CT molecular complexity index is 459. The van der Waals surface area contributed by atoms with E-state index >= 15 is 0 Å². The summed E-state index contributed by atoms with van der Waals surface area (Å²) >= 11 is 4.91. The predicted octanol–water partition coefficient (Wildman–Crippen LogP) is 1.61. The van der Waals surface area contributed by atoms with Gasteiger partial charge >= 0.3 is 0 Å². The Hall–Kier alpha value is -2.02. The van der Waals surface area contributed by atoms with Crippen molar-refractivity contribution in [2.24, 2.45) is 0 Å². The smallest absolute Gasteiger partial charge is 0.269 e. The third-order valence-corrected chi connectivity index (χ3v) is 2.35. The van der Waals surface area contributed by atoms with Crippen LogP contribution in [0.2, 0.25) is 0 Å².